The van der Waals surface area contributed by atoms with Crippen molar-refractivity contribution in [2.24, 2.45) is 0 Å². The van der Waals surface area contributed by atoms with Crippen LogP contribution in [0.15, 0.2) is 0 Å². The highest BCUT2D eigenvalue weighted by atomic mass is 16.1. The lowest BCUT2D eigenvalue weighted by Crippen LogP contribution is -2.48. The third-order valence-electron chi connectivity index (χ3n) is 4.50. The van der Waals surface area contributed by atoms with Crippen LogP contribution in [0.2, 0.25) is 0 Å². The first-order valence-corrected chi connectivity index (χ1v) is 7.43. The first kappa shape index (κ1) is 13.8. The Morgan fingerprint density at radius 3 is 2.56 bits per heavy atom. The lowest BCUT2D eigenvalue weighted by molar-refractivity contribution is -0.120. The molecule has 2 aliphatic rings. The lowest BCUT2D eigenvalue weighted by Gasteiger charge is -2.37. The summed E-state index contributed by atoms with van der Waals surface area (Å²) in [4.78, 5) is 13.8. The fraction of sp³-hybridized carbons (Fsp3) is 0.929. The number of hydrogen-bond acceptors (Lipinski definition) is 3. The van der Waals surface area contributed by atoms with E-state index in [-0.39, 0.29) is 5.91 Å². The van der Waals surface area contributed by atoms with Crippen LogP contribution in [0.25, 0.3) is 0 Å². The monoisotopic (exact) mass is 253 g/mol. The average Bonchev–Trinajstić information content (AvgIpc) is 2.73. The molecule has 0 aromatic heterocycles. The van der Waals surface area contributed by atoms with Gasteiger partial charge in [0, 0.05) is 31.6 Å². The van der Waals surface area contributed by atoms with Gasteiger partial charge in [0.2, 0.25) is 5.91 Å². The Hall–Kier alpha value is -0.610. The van der Waals surface area contributed by atoms with E-state index in [0.717, 1.165) is 37.6 Å². The predicted molar refractivity (Wildman–Crippen MR) is 73.5 cm³/mol. The number of fused-ring (bicyclic) bond motifs is 2. The van der Waals surface area contributed by atoms with Gasteiger partial charge >= 0.3 is 0 Å². The Labute approximate surface area is 110 Å². The number of rotatable bonds is 6. The molecule has 2 saturated heterocycles. The second kappa shape index (κ2) is 6.53. The highest BCUT2D eigenvalue weighted by molar-refractivity contribution is 5.75. The fourth-order valence-corrected chi connectivity index (χ4v) is 3.49. The van der Waals surface area contributed by atoms with Crippen LogP contribution in [-0.4, -0.2) is 49.1 Å². The van der Waals surface area contributed by atoms with Gasteiger partial charge in [-0.1, -0.05) is 6.92 Å². The van der Waals surface area contributed by atoms with E-state index in [9.17, 15) is 4.79 Å². The number of piperidine rings is 1. The first-order chi connectivity index (χ1) is 8.72. The molecular formula is C14H27N3O. The number of amides is 1. The summed E-state index contributed by atoms with van der Waals surface area (Å²) >= 11 is 0. The number of nitrogens with zero attached hydrogens (tertiary/aromatic N) is 1. The van der Waals surface area contributed by atoms with Crippen LogP contribution in [0.3, 0.4) is 0 Å². The van der Waals surface area contributed by atoms with E-state index >= 15 is 0 Å². The molecule has 2 N–H and O–H groups in total. The Balaban J connectivity index is 1.76. The number of carbonyl (C=O) groups is 1. The SMILES string of the molecule is CCN(CCCC(=O)NC)C1CC2CCC(C1)N2. The maximum absolute atomic E-state index is 11.2. The van der Waals surface area contributed by atoms with E-state index in [1.54, 1.807) is 7.05 Å². The summed E-state index contributed by atoms with van der Waals surface area (Å²) in [6, 6.07) is 2.24. The zero-order chi connectivity index (χ0) is 13.0. The summed E-state index contributed by atoms with van der Waals surface area (Å²) in [5.41, 5.74) is 0. The largest absolute Gasteiger partial charge is 0.359 e. The van der Waals surface area contributed by atoms with E-state index in [0.29, 0.717) is 6.42 Å². The van der Waals surface area contributed by atoms with Crippen LogP contribution < -0.4 is 10.6 Å². The molecule has 2 bridgehead atoms. The van der Waals surface area contributed by atoms with Crippen molar-refractivity contribution < 1.29 is 4.79 Å². The smallest absolute Gasteiger partial charge is 0.219 e. The van der Waals surface area contributed by atoms with Crippen molar-refractivity contribution in [2.75, 3.05) is 20.1 Å². The molecule has 104 valence electrons. The Morgan fingerprint density at radius 1 is 1.33 bits per heavy atom. The molecule has 0 spiro atoms. The van der Waals surface area contributed by atoms with Crippen LogP contribution in [0.4, 0.5) is 0 Å². The van der Waals surface area contributed by atoms with E-state index in [1.165, 1.54) is 25.7 Å². The summed E-state index contributed by atoms with van der Waals surface area (Å²) in [6.07, 6.45) is 6.94. The average molecular weight is 253 g/mol. The second-order valence-corrected chi connectivity index (χ2v) is 5.67. The molecule has 2 aliphatic heterocycles. The summed E-state index contributed by atoms with van der Waals surface area (Å²) in [6.45, 7) is 4.41. The van der Waals surface area contributed by atoms with Gasteiger partial charge in [0.15, 0.2) is 0 Å². The molecule has 18 heavy (non-hydrogen) atoms. The van der Waals surface area contributed by atoms with Crippen LogP contribution in [0.5, 0.6) is 0 Å². The normalized spacial score (nSPS) is 30.7. The van der Waals surface area contributed by atoms with Gasteiger partial charge in [-0.05, 0) is 45.2 Å². The molecule has 2 heterocycles. The number of carbonyl (C=O) groups excluding carboxylic acids is 1. The predicted octanol–water partition coefficient (Wildman–Crippen LogP) is 1.12. The van der Waals surface area contributed by atoms with Gasteiger partial charge in [-0.3, -0.25) is 4.79 Å². The number of nitrogens with one attached hydrogen (secondary N) is 2. The zero-order valence-corrected chi connectivity index (χ0v) is 11.7. The molecule has 2 rings (SSSR count). The highest BCUT2D eigenvalue weighted by Crippen LogP contribution is 2.29. The second-order valence-electron chi connectivity index (χ2n) is 5.67. The Morgan fingerprint density at radius 2 is 2.00 bits per heavy atom. The maximum atomic E-state index is 11.2. The maximum Gasteiger partial charge on any atom is 0.219 e. The molecule has 4 nitrogen and oxygen atoms in total. The molecule has 2 fully saturated rings. The van der Waals surface area contributed by atoms with Crippen molar-refractivity contribution in [2.45, 2.75) is 63.6 Å². The molecule has 0 aromatic rings. The van der Waals surface area contributed by atoms with Gasteiger partial charge in [0.1, 0.15) is 0 Å². The number of hydrogen-bond donors (Lipinski definition) is 2. The molecule has 1 amide bonds. The summed E-state index contributed by atoms with van der Waals surface area (Å²) in [5.74, 6) is 0.163. The Bertz CT molecular complexity index is 270. The highest BCUT2D eigenvalue weighted by Gasteiger charge is 2.35. The van der Waals surface area contributed by atoms with Gasteiger partial charge in [0.25, 0.3) is 0 Å². The van der Waals surface area contributed by atoms with Gasteiger partial charge in [-0.25, -0.2) is 0 Å². The van der Waals surface area contributed by atoms with Crippen molar-refractivity contribution in [3.63, 3.8) is 0 Å². The standard InChI is InChI=1S/C14H27N3O/c1-3-17(8-4-5-14(18)15-2)13-9-11-6-7-12(10-13)16-11/h11-13,16H,3-10H2,1-2H3,(H,15,18). The van der Waals surface area contributed by atoms with Crippen LogP contribution in [-0.2, 0) is 4.79 Å². The quantitative estimate of drug-likeness (QED) is 0.745. The van der Waals surface area contributed by atoms with Crippen LogP contribution in [0.1, 0.15) is 45.4 Å². The molecule has 0 radical (unpaired) electrons. The molecule has 2 atom stereocenters. The van der Waals surface area contributed by atoms with Crippen molar-refractivity contribution >= 4 is 5.91 Å². The van der Waals surface area contributed by atoms with Crippen molar-refractivity contribution in [1.82, 2.24) is 15.5 Å². The summed E-state index contributed by atoms with van der Waals surface area (Å²) < 4.78 is 0. The minimum absolute atomic E-state index is 0.163. The van der Waals surface area contributed by atoms with E-state index < -0.39 is 0 Å². The Kier molecular flexibility index (Phi) is 5.01. The zero-order valence-electron chi connectivity index (χ0n) is 11.7. The minimum atomic E-state index is 0.163. The van der Waals surface area contributed by atoms with Gasteiger partial charge in [0.05, 0.1) is 0 Å². The molecule has 0 saturated carbocycles. The fourth-order valence-electron chi connectivity index (χ4n) is 3.49. The van der Waals surface area contributed by atoms with E-state index in [4.69, 9.17) is 0 Å². The van der Waals surface area contributed by atoms with Crippen molar-refractivity contribution in [3.05, 3.63) is 0 Å². The van der Waals surface area contributed by atoms with Gasteiger partial charge < -0.3 is 15.5 Å². The van der Waals surface area contributed by atoms with Crippen molar-refractivity contribution in [1.29, 1.82) is 0 Å². The molecule has 4 heteroatoms. The van der Waals surface area contributed by atoms with E-state index in [2.05, 4.69) is 22.5 Å². The molecular weight excluding hydrogens is 226 g/mol. The first-order valence-electron chi connectivity index (χ1n) is 7.43. The van der Waals surface area contributed by atoms with Crippen LogP contribution >= 0.6 is 0 Å². The summed E-state index contributed by atoms with van der Waals surface area (Å²) in [5, 5.41) is 6.38. The van der Waals surface area contributed by atoms with E-state index in [1.807, 2.05) is 0 Å². The third-order valence-corrected chi connectivity index (χ3v) is 4.50. The van der Waals surface area contributed by atoms with Crippen LogP contribution in [0, 0.1) is 0 Å². The lowest BCUT2D eigenvalue weighted by atomic mass is 9.98. The molecule has 0 aromatic carbocycles. The van der Waals surface area contributed by atoms with Gasteiger partial charge in [-0.2, -0.15) is 0 Å². The summed E-state index contributed by atoms with van der Waals surface area (Å²) in [7, 11) is 1.71. The van der Waals surface area contributed by atoms with Crippen molar-refractivity contribution in [3.8, 4) is 0 Å². The topological polar surface area (TPSA) is 44.4 Å². The molecule has 0 aliphatic carbocycles. The van der Waals surface area contributed by atoms with Gasteiger partial charge in [-0.15, -0.1) is 0 Å². The third kappa shape index (κ3) is 3.45. The molecule has 2 unspecified atom stereocenters. The minimum Gasteiger partial charge on any atom is -0.359 e.